The summed E-state index contributed by atoms with van der Waals surface area (Å²) < 4.78 is 38.4. The Morgan fingerprint density at radius 3 is 2.52 bits per heavy atom. The molecule has 1 fully saturated rings. The fourth-order valence-corrected chi connectivity index (χ4v) is 2.83. The summed E-state index contributed by atoms with van der Waals surface area (Å²) >= 11 is 0. The number of nitrogens with one attached hydrogen (secondary N) is 1. The predicted octanol–water partition coefficient (Wildman–Crippen LogP) is 3.62. The lowest BCUT2D eigenvalue weighted by molar-refractivity contribution is -0.137. The van der Waals surface area contributed by atoms with Crippen molar-refractivity contribution in [3.05, 3.63) is 29.3 Å². The van der Waals surface area contributed by atoms with Crippen molar-refractivity contribution in [1.82, 2.24) is 0 Å². The maximum Gasteiger partial charge on any atom is 0.416 e. The molecule has 1 aromatic rings. The van der Waals surface area contributed by atoms with Crippen molar-refractivity contribution in [3.8, 4) is 0 Å². The zero-order valence-corrected chi connectivity index (χ0v) is 12.2. The lowest BCUT2D eigenvalue weighted by Gasteiger charge is -2.40. The standard InChI is InChI=1S/C15H20F3N3/c1-14(2)6-3-7-21(9-14)12-5-4-10(15(16,17)18)8-11(12)13(19)20/h4-5,8H,3,6-7,9H2,1-2H3,(H3,19,20). The van der Waals surface area contributed by atoms with Gasteiger partial charge < -0.3 is 10.6 Å². The summed E-state index contributed by atoms with van der Waals surface area (Å²) in [6.45, 7) is 5.79. The Morgan fingerprint density at radius 2 is 2.00 bits per heavy atom. The van der Waals surface area contributed by atoms with Gasteiger partial charge in [-0.15, -0.1) is 0 Å². The molecule has 1 aromatic carbocycles. The molecule has 0 amide bonds. The number of benzene rings is 1. The summed E-state index contributed by atoms with van der Waals surface area (Å²) in [7, 11) is 0. The third-order valence-corrected chi connectivity index (χ3v) is 3.86. The smallest absolute Gasteiger partial charge is 0.384 e. The van der Waals surface area contributed by atoms with Crippen LogP contribution in [0.1, 0.15) is 37.8 Å². The first kappa shape index (κ1) is 15.7. The van der Waals surface area contributed by atoms with Crippen LogP contribution in [0, 0.1) is 10.8 Å². The van der Waals surface area contributed by atoms with Crippen molar-refractivity contribution in [3.63, 3.8) is 0 Å². The number of piperidine rings is 1. The molecular weight excluding hydrogens is 279 g/mol. The molecule has 0 unspecified atom stereocenters. The second-order valence-corrected chi connectivity index (χ2v) is 6.33. The van der Waals surface area contributed by atoms with E-state index in [0.29, 0.717) is 5.69 Å². The molecule has 0 radical (unpaired) electrons. The number of amidine groups is 1. The molecule has 0 aliphatic carbocycles. The van der Waals surface area contributed by atoms with Crippen LogP contribution >= 0.6 is 0 Å². The predicted molar refractivity (Wildman–Crippen MR) is 77.7 cm³/mol. The average Bonchev–Trinajstić information content (AvgIpc) is 2.35. The highest BCUT2D eigenvalue weighted by Crippen LogP contribution is 2.36. The van der Waals surface area contributed by atoms with Gasteiger partial charge in [-0.2, -0.15) is 13.2 Å². The number of alkyl halides is 3. The van der Waals surface area contributed by atoms with E-state index in [4.69, 9.17) is 11.1 Å². The number of nitrogen functional groups attached to an aromatic ring is 1. The zero-order valence-electron chi connectivity index (χ0n) is 12.2. The number of nitrogens with two attached hydrogens (primary N) is 1. The number of hydrogen-bond donors (Lipinski definition) is 2. The van der Waals surface area contributed by atoms with Crippen molar-refractivity contribution in [2.75, 3.05) is 18.0 Å². The van der Waals surface area contributed by atoms with Crippen LogP contribution in [0.25, 0.3) is 0 Å². The van der Waals surface area contributed by atoms with Gasteiger partial charge in [-0.25, -0.2) is 0 Å². The molecule has 6 heteroatoms. The van der Waals surface area contributed by atoms with E-state index in [2.05, 4.69) is 13.8 Å². The topological polar surface area (TPSA) is 53.1 Å². The average molecular weight is 299 g/mol. The fraction of sp³-hybridized carbons (Fsp3) is 0.533. The molecule has 1 aliphatic rings. The molecule has 1 heterocycles. The van der Waals surface area contributed by atoms with Crippen LogP contribution in [0.5, 0.6) is 0 Å². The van der Waals surface area contributed by atoms with Gasteiger partial charge in [0.05, 0.1) is 5.56 Å². The molecule has 3 N–H and O–H groups in total. The van der Waals surface area contributed by atoms with Gasteiger partial charge in [-0.05, 0) is 36.5 Å². The molecule has 0 atom stereocenters. The largest absolute Gasteiger partial charge is 0.416 e. The zero-order chi connectivity index (χ0) is 15.8. The lowest BCUT2D eigenvalue weighted by atomic mass is 9.83. The molecule has 1 saturated heterocycles. The molecule has 1 aliphatic heterocycles. The van der Waals surface area contributed by atoms with Crippen LogP contribution in [-0.4, -0.2) is 18.9 Å². The Bertz CT molecular complexity index is 550. The minimum absolute atomic E-state index is 0.106. The quantitative estimate of drug-likeness (QED) is 0.647. The first-order chi connectivity index (χ1) is 9.60. The van der Waals surface area contributed by atoms with E-state index in [1.54, 1.807) is 0 Å². The normalized spacial score (nSPS) is 18.6. The molecule has 0 aromatic heterocycles. The van der Waals surface area contributed by atoms with Crippen LogP contribution in [0.15, 0.2) is 18.2 Å². The third-order valence-electron chi connectivity index (χ3n) is 3.86. The summed E-state index contributed by atoms with van der Waals surface area (Å²) in [4.78, 5) is 2.03. The summed E-state index contributed by atoms with van der Waals surface area (Å²) in [5, 5.41) is 7.58. The first-order valence-corrected chi connectivity index (χ1v) is 6.91. The molecule has 0 bridgehead atoms. The Balaban J connectivity index is 2.42. The van der Waals surface area contributed by atoms with Crippen molar-refractivity contribution in [2.24, 2.45) is 11.1 Å². The maximum absolute atomic E-state index is 12.8. The van der Waals surface area contributed by atoms with Crippen LogP contribution in [0.2, 0.25) is 0 Å². The van der Waals surface area contributed by atoms with Crippen LogP contribution in [0.4, 0.5) is 18.9 Å². The minimum Gasteiger partial charge on any atom is -0.384 e. The highest BCUT2D eigenvalue weighted by Gasteiger charge is 2.33. The van der Waals surface area contributed by atoms with E-state index in [0.717, 1.165) is 38.1 Å². The first-order valence-electron chi connectivity index (χ1n) is 6.91. The number of hydrogen-bond acceptors (Lipinski definition) is 2. The number of rotatable bonds is 2. The van der Waals surface area contributed by atoms with Crippen molar-refractivity contribution < 1.29 is 13.2 Å². The Labute approximate surface area is 122 Å². The van der Waals surface area contributed by atoms with Crippen LogP contribution in [-0.2, 0) is 6.18 Å². The van der Waals surface area contributed by atoms with Crippen LogP contribution in [0.3, 0.4) is 0 Å². The highest BCUT2D eigenvalue weighted by molar-refractivity contribution is 6.00. The van der Waals surface area contributed by atoms with Gasteiger partial charge in [0, 0.05) is 24.3 Å². The molecule has 0 spiro atoms. The number of halogens is 3. The van der Waals surface area contributed by atoms with E-state index in [1.165, 1.54) is 6.07 Å². The van der Waals surface area contributed by atoms with E-state index in [9.17, 15) is 13.2 Å². The van der Waals surface area contributed by atoms with Gasteiger partial charge in [-0.3, -0.25) is 5.41 Å². The molecule has 0 saturated carbocycles. The molecule has 116 valence electrons. The molecule has 2 rings (SSSR count). The van der Waals surface area contributed by atoms with E-state index in [-0.39, 0.29) is 16.8 Å². The van der Waals surface area contributed by atoms with Gasteiger partial charge in [0.25, 0.3) is 0 Å². The van der Waals surface area contributed by atoms with Crippen LogP contribution < -0.4 is 10.6 Å². The van der Waals surface area contributed by atoms with Crippen molar-refractivity contribution >= 4 is 11.5 Å². The van der Waals surface area contributed by atoms with Gasteiger partial charge in [0.15, 0.2) is 0 Å². The summed E-state index contributed by atoms with van der Waals surface area (Å²) in [5.74, 6) is -0.334. The minimum atomic E-state index is -4.43. The van der Waals surface area contributed by atoms with Gasteiger partial charge in [-0.1, -0.05) is 13.8 Å². The highest BCUT2D eigenvalue weighted by atomic mass is 19.4. The van der Waals surface area contributed by atoms with Gasteiger partial charge in [0.2, 0.25) is 0 Å². The summed E-state index contributed by atoms with van der Waals surface area (Å²) in [6.07, 6.45) is -2.37. The second-order valence-electron chi connectivity index (χ2n) is 6.33. The maximum atomic E-state index is 12.8. The van der Waals surface area contributed by atoms with E-state index in [1.807, 2.05) is 4.90 Å². The SMILES string of the molecule is CC1(C)CCCN(c2ccc(C(F)(F)F)cc2C(=N)N)C1. The molecular formula is C15H20F3N3. The van der Waals surface area contributed by atoms with Gasteiger partial charge >= 0.3 is 6.18 Å². The van der Waals surface area contributed by atoms with Gasteiger partial charge in [0.1, 0.15) is 5.84 Å². The summed E-state index contributed by atoms with van der Waals surface area (Å²) in [5.41, 5.74) is 5.60. The van der Waals surface area contributed by atoms with Crippen molar-refractivity contribution in [2.45, 2.75) is 32.9 Å². The monoisotopic (exact) mass is 299 g/mol. The fourth-order valence-electron chi connectivity index (χ4n) is 2.83. The molecule has 21 heavy (non-hydrogen) atoms. The number of anilines is 1. The Kier molecular flexibility index (Phi) is 3.91. The second kappa shape index (κ2) is 5.24. The number of nitrogens with zero attached hydrogens (tertiary/aromatic N) is 1. The van der Waals surface area contributed by atoms with E-state index >= 15 is 0 Å². The molecule has 3 nitrogen and oxygen atoms in total. The Morgan fingerprint density at radius 1 is 1.33 bits per heavy atom. The third kappa shape index (κ3) is 3.49. The summed E-state index contributed by atoms with van der Waals surface area (Å²) in [6, 6.07) is 3.46. The lowest BCUT2D eigenvalue weighted by Crippen LogP contribution is -2.41. The van der Waals surface area contributed by atoms with Crippen molar-refractivity contribution in [1.29, 1.82) is 5.41 Å². The van der Waals surface area contributed by atoms with E-state index < -0.39 is 11.7 Å². The Hall–Kier alpha value is -1.72.